The average Bonchev–Trinajstić information content (AvgIpc) is 2.84. The Morgan fingerprint density at radius 3 is 2.82 bits per heavy atom. The number of carboxylic acids is 1. The number of rotatable bonds is 8. The van der Waals surface area contributed by atoms with E-state index in [2.05, 4.69) is 16.4 Å². The van der Waals surface area contributed by atoms with E-state index >= 15 is 0 Å². The van der Waals surface area contributed by atoms with Crippen molar-refractivity contribution in [1.29, 1.82) is 0 Å². The topological polar surface area (TPSA) is 119 Å². The van der Waals surface area contributed by atoms with Crippen LogP contribution in [0.25, 0.3) is 0 Å². The fourth-order valence-corrected chi connectivity index (χ4v) is 4.57. The van der Waals surface area contributed by atoms with E-state index in [0.29, 0.717) is 38.0 Å². The molecular weight excluding hydrogens is 436 g/mol. The third-order valence-electron chi connectivity index (χ3n) is 6.19. The average molecular weight is 467 g/mol. The second-order valence-electron chi connectivity index (χ2n) is 8.60. The van der Waals surface area contributed by atoms with Gasteiger partial charge in [-0.3, -0.25) is 14.6 Å². The largest absolute Gasteiger partial charge is 0.481 e. The second-order valence-corrected chi connectivity index (χ2v) is 8.60. The van der Waals surface area contributed by atoms with Gasteiger partial charge in [-0.1, -0.05) is 12.1 Å². The lowest BCUT2D eigenvalue weighted by atomic mass is 10.0. The van der Waals surface area contributed by atoms with Crippen LogP contribution in [0, 0.1) is 0 Å². The minimum absolute atomic E-state index is 0.309. The van der Waals surface area contributed by atoms with Crippen LogP contribution in [0.3, 0.4) is 0 Å². The highest BCUT2D eigenvalue weighted by atomic mass is 16.4. The van der Waals surface area contributed by atoms with Crippen LogP contribution in [-0.4, -0.2) is 74.1 Å². The Morgan fingerprint density at radius 1 is 1.24 bits per heavy atom. The molecule has 0 saturated carbocycles. The molecule has 2 N–H and O–H groups in total. The molecular formula is C24H30N6O4. The van der Waals surface area contributed by atoms with Gasteiger partial charge in [-0.25, -0.2) is 19.8 Å². The Kier molecular flexibility index (Phi) is 7.24. The number of carbonyl (C=O) groups excluding carboxylic acids is 2. The van der Waals surface area contributed by atoms with Crippen LogP contribution in [-0.2, 0) is 22.4 Å². The summed E-state index contributed by atoms with van der Waals surface area (Å²) >= 11 is 0. The minimum atomic E-state index is -1.06. The van der Waals surface area contributed by atoms with Gasteiger partial charge < -0.3 is 15.3 Å². The maximum Gasteiger partial charge on any atom is 0.338 e. The lowest BCUT2D eigenvalue weighted by molar-refractivity contribution is -0.154. The summed E-state index contributed by atoms with van der Waals surface area (Å²) in [5, 5.41) is 15.5. The molecule has 2 aliphatic heterocycles. The first kappa shape index (κ1) is 23.5. The standard InChI is InChI=1S/C24H30N6O4/c1-17(31)30(21(15-22(32)33)19-6-2-10-25-16-19)29-13-4-12-28(24(29)34)14-9-20-8-7-18-5-3-11-26-23(18)27-20/h2,6-8,10,16,21H,3-5,9,11-15H2,1H3,(H,26,27)(H,32,33)/t21-/m0/s1. The lowest BCUT2D eigenvalue weighted by Gasteiger charge is -2.44. The van der Waals surface area contributed by atoms with Gasteiger partial charge >= 0.3 is 12.0 Å². The molecule has 10 heteroatoms. The van der Waals surface area contributed by atoms with Gasteiger partial charge in [0.1, 0.15) is 5.82 Å². The summed E-state index contributed by atoms with van der Waals surface area (Å²) in [5.74, 6) is -0.535. The number of carboxylic acid groups (broad SMARTS) is 1. The number of nitrogens with zero attached hydrogens (tertiary/aromatic N) is 5. The zero-order chi connectivity index (χ0) is 24.1. The van der Waals surface area contributed by atoms with E-state index in [1.807, 2.05) is 6.07 Å². The summed E-state index contributed by atoms with van der Waals surface area (Å²) in [4.78, 5) is 48.2. The molecule has 180 valence electrons. The Hall–Kier alpha value is -3.69. The summed E-state index contributed by atoms with van der Waals surface area (Å²) in [7, 11) is 0. The Balaban J connectivity index is 1.50. The number of aromatic nitrogens is 2. The van der Waals surface area contributed by atoms with Gasteiger partial charge in [0, 0.05) is 57.6 Å². The minimum Gasteiger partial charge on any atom is -0.481 e. The number of hydrogen-bond donors (Lipinski definition) is 2. The molecule has 2 aromatic heterocycles. The number of urea groups is 1. The van der Waals surface area contributed by atoms with Gasteiger partial charge in [0.15, 0.2) is 0 Å². The third-order valence-corrected chi connectivity index (χ3v) is 6.19. The predicted octanol–water partition coefficient (Wildman–Crippen LogP) is 2.48. The highest BCUT2D eigenvalue weighted by molar-refractivity contribution is 5.81. The number of hydrogen-bond acceptors (Lipinski definition) is 6. The van der Waals surface area contributed by atoms with E-state index < -0.39 is 17.9 Å². The fraction of sp³-hybridized carbons (Fsp3) is 0.458. The van der Waals surface area contributed by atoms with Gasteiger partial charge in [0.25, 0.3) is 0 Å². The van der Waals surface area contributed by atoms with Crippen molar-refractivity contribution >= 4 is 23.7 Å². The van der Waals surface area contributed by atoms with Crippen LogP contribution in [0.5, 0.6) is 0 Å². The van der Waals surface area contributed by atoms with E-state index in [1.54, 1.807) is 23.2 Å². The molecule has 0 aliphatic carbocycles. The smallest absolute Gasteiger partial charge is 0.338 e. The molecule has 2 aromatic rings. The summed E-state index contributed by atoms with van der Waals surface area (Å²) < 4.78 is 0. The highest BCUT2D eigenvalue weighted by Gasteiger charge is 2.37. The number of anilines is 1. The van der Waals surface area contributed by atoms with Crippen molar-refractivity contribution in [3.05, 3.63) is 53.5 Å². The molecule has 2 aliphatic rings. The summed E-state index contributed by atoms with van der Waals surface area (Å²) in [6.07, 6.45) is 6.16. The number of aryl methyl sites for hydroxylation is 1. The molecule has 0 spiro atoms. The third kappa shape index (κ3) is 5.27. The fourth-order valence-electron chi connectivity index (χ4n) is 4.57. The molecule has 0 aromatic carbocycles. The molecule has 0 bridgehead atoms. The van der Waals surface area contributed by atoms with Crippen LogP contribution < -0.4 is 5.32 Å². The molecule has 0 radical (unpaired) electrons. The van der Waals surface area contributed by atoms with Crippen molar-refractivity contribution in [3.63, 3.8) is 0 Å². The zero-order valence-corrected chi connectivity index (χ0v) is 19.3. The SMILES string of the molecule is CC(=O)N([C@@H](CC(=O)O)c1cccnc1)N1CCCN(CCc2ccc3c(n2)NCCC3)C1=O. The van der Waals surface area contributed by atoms with E-state index in [0.717, 1.165) is 30.9 Å². The summed E-state index contributed by atoms with van der Waals surface area (Å²) in [6.45, 7) is 3.64. The summed E-state index contributed by atoms with van der Waals surface area (Å²) in [6, 6.07) is 6.37. The molecule has 1 atom stereocenters. The summed E-state index contributed by atoms with van der Waals surface area (Å²) in [5.41, 5.74) is 2.68. The zero-order valence-electron chi connectivity index (χ0n) is 19.3. The predicted molar refractivity (Wildman–Crippen MR) is 125 cm³/mol. The highest BCUT2D eigenvalue weighted by Crippen LogP contribution is 2.28. The van der Waals surface area contributed by atoms with Crippen molar-refractivity contribution in [2.24, 2.45) is 0 Å². The number of fused-ring (bicyclic) bond motifs is 1. The monoisotopic (exact) mass is 466 g/mol. The number of aliphatic carboxylic acids is 1. The van der Waals surface area contributed by atoms with Gasteiger partial charge in [0.05, 0.1) is 12.5 Å². The molecule has 3 amide bonds. The van der Waals surface area contributed by atoms with Crippen molar-refractivity contribution < 1.29 is 19.5 Å². The van der Waals surface area contributed by atoms with Crippen LogP contribution in [0.1, 0.15) is 49.0 Å². The van der Waals surface area contributed by atoms with E-state index in [-0.39, 0.29) is 12.5 Å². The van der Waals surface area contributed by atoms with Crippen molar-refractivity contribution in [2.75, 3.05) is 31.5 Å². The first-order valence-electron chi connectivity index (χ1n) is 11.6. The maximum absolute atomic E-state index is 13.4. The molecule has 1 saturated heterocycles. The normalized spacial score (nSPS) is 16.4. The van der Waals surface area contributed by atoms with Crippen molar-refractivity contribution in [2.45, 2.75) is 45.1 Å². The van der Waals surface area contributed by atoms with Crippen LogP contribution in [0.4, 0.5) is 10.6 Å². The van der Waals surface area contributed by atoms with Crippen molar-refractivity contribution in [3.8, 4) is 0 Å². The first-order valence-corrected chi connectivity index (χ1v) is 11.6. The van der Waals surface area contributed by atoms with Gasteiger partial charge in [-0.15, -0.1) is 0 Å². The molecule has 10 nitrogen and oxygen atoms in total. The van der Waals surface area contributed by atoms with Gasteiger partial charge in [-0.05, 0) is 42.5 Å². The number of pyridine rings is 2. The molecule has 4 rings (SSSR count). The first-order chi connectivity index (χ1) is 16.4. The van der Waals surface area contributed by atoms with E-state index in [4.69, 9.17) is 4.98 Å². The van der Waals surface area contributed by atoms with E-state index in [9.17, 15) is 19.5 Å². The van der Waals surface area contributed by atoms with Gasteiger partial charge in [-0.2, -0.15) is 0 Å². The van der Waals surface area contributed by atoms with Gasteiger partial charge in [0.2, 0.25) is 5.91 Å². The molecule has 34 heavy (non-hydrogen) atoms. The molecule has 1 fully saturated rings. The Morgan fingerprint density at radius 2 is 2.09 bits per heavy atom. The quantitative estimate of drug-likeness (QED) is 0.613. The molecule has 4 heterocycles. The number of amides is 3. The van der Waals surface area contributed by atoms with Crippen molar-refractivity contribution in [1.82, 2.24) is 24.9 Å². The van der Waals surface area contributed by atoms with Crippen LogP contribution in [0.2, 0.25) is 0 Å². The van der Waals surface area contributed by atoms with E-state index in [1.165, 1.54) is 28.7 Å². The lowest BCUT2D eigenvalue weighted by Crippen LogP contribution is -2.59. The maximum atomic E-state index is 13.4. The Bertz CT molecular complexity index is 1050. The second kappa shape index (κ2) is 10.5. The van der Waals surface area contributed by atoms with Crippen LogP contribution in [0.15, 0.2) is 36.7 Å². The van der Waals surface area contributed by atoms with Crippen LogP contribution >= 0.6 is 0 Å². The number of carbonyl (C=O) groups is 3. The Labute approximate surface area is 198 Å². The number of nitrogens with one attached hydrogen (secondary N) is 1. The molecule has 0 unspecified atom stereocenters. The number of hydrazine groups is 1.